The molecule has 0 aromatic heterocycles. The zero-order valence-corrected chi connectivity index (χ0v) is 8.74. The van der Waals surface area contributed by atoms with Crippen LogP contribution in [0.4, 0.5) is 0 Å². The van der Waals surface area contributed by atoms with Gasteiger partial charge in [0, 0.05) is 18.4 Å². The van der Waals surface area contributed by atoms with E-state index in [1.807, 2.05) is 6.08 Å². The molecule has 14 heavy (non-hydrogen) atoms. The highest BCUT2D eigenvalue weighted by atomic mass is 15.0. The van der Waals surface area contributed by atoms with Crippen LogP contribution in [-0.4, -0.2) is 6.04 Å². The Morgan fingerprint density at radius 2 is 2.29 bits per heavy atom. The van der Waals surface area contributed by atoms with Crippen molar-refractivity contribution in [3.05, 3.63) is 48.0 Å². The van der Waals surface area contributed by atoms with E-state index in [2.05, 4.69) is 43.1 Å². The van der Waals surface area contributed by atoms with Crippen molar-refractivity contribution in [2.24, 2.45) is 0 Å². The summed E-state index contributed by atoms with van der Waals surface area (Å²) in [6.07, 6.45) is 4.33. The van der Waals surface area contributed by atoms with E-state index in [4.69, 9.17) is 0 Å². The minimum Gasteiger partial charge on any atom is -0.337 e. The van der Waals surface area contributed by atoms with Crippen LogP contribution in [0.1, 0.15) is 30.5 Å². The molecule has 0 bridgehead atoms. The first kappa shape index (κ1) is 9.47. The molecule has 0 unspecified atom stereocenters. The van der Waals surface area contributed by atoms with Crippen LogP contribution in [0.5, 0.6) is 0 Å². The standard InChI is InChI=1S/C13H17N/c1-3-6-12-9-11-7-4-5-8-13(11)10(2)14-12/h3-5,7-8,10,12,14H,1,6,9H2,2H3/p+1/t10-,12-/m1/s1. The number of nitrogens with two attached hydrogens (primary N) is 1. The first-order valence-electron chi connectivity index (χ1n) is 5.35. The van der Waals surface area contributed by atoms with Crippen LogP contribution in [0.25, 0.3) is 0 Å². The Labute approximate surface area is 85.8 Å². The van der Waals surface area contributed by atoms with Gasteiger partial charge in [0.15, 0.2) is 0 Å². The fraction of sp³-hybridized carbons (Fsp3) is 0.385. The molecule has 2 rings (SSSR count). The second kappa shape index (κ2) is 3.97. The molecule has 1 aromatic carbocycles. The molecule has 1 aliphatic rings. The van der Waals surface area contributed by atoms with Gasteiger partial charge in [-0.15, -0.1) is 6.58 Å². The van der Waals surface area contributed by atoms with Gasteiger partial charge in [-0.05, 0) is 12.5 Å². The molecule has 1 aliphatic heterocycles. The summed E-state index contributed by atoms with van der Waals surface area (Å²) < 4.78 is 0. The SMILES string of the molecule is C=CC[C@@H]1Cc2ccccc2[C@@H](C)[NH2+]1. The van der Waals surface area contributed by atoms with Crippen LogP contribution < -0.4 is 5.32 Å². The van der Waals surface area contributed by atoms with Crippen molar-refractivity contribution in [2.75, 3.05) is 0 Å². The second-order valence-corrected chi connectivity index (χ2v) is 4.17. The molecule has 0 saturated heterocycles. The molecule has 0 aliphatic carbocycles. The Hall–Kier alpha value is -1.08. The summed E-state index contributed by atoms with van der Waals surface area (Å²) in [4.78, 5) is 0. The molecule has 1 heteroatoms. The van der Waals surface area contributed by atoms with Crippen LogP contribution in [-0.2, 0) is 6.42 Å². The first-order valence-corrected chi connectivity index (χ1v) is 5.35. The minimum absolute atomic E-state index is 0.602. The molecule has 0 fully saturated rings. The fourth-order valence-electron chi connectivity index (χ4n) is 2.40. The van der Waals surface area contributed by atoms with Gasteiger partial charge in [0.25, 0.3) is 0 Å². The summed E-state index contributed by atoms with van der Waals surface area (Å²) in [5.74, 6) is 0. The van der Waals surface area contributed by atoms with E-state index >= 15 is 0 Å². The molecule has 2 atom stereocenters. The second-order valence-electron chi connectivity index (χ2n) is 4.17. The molecular weight excluding hydrogens is 170 g/mol. The summed E-state index contributed by atoms with van der Waals surface area (Å²) in [6, 6.07) is 10.1. The summed E-state index contributed by atoms with van der Waals surface area (Å²) >= 11 is 0. The van der Waals surface area contributed by atoms with E-state index in [9.17, 15) is 0 Å². The average Bonchev–Trinajstić information content (AvgIpc) is 2.18. The minimum atomic E-state index is 0.602. The van der Waals surface area contributed by atoms with E-state index in [-0.39, 0.29) is 0 Å². The molecule has 1 nitrogen and oxygen atoms in total. The van der Waals surface area contributed by atoms with Gasteiger partial charge in [-0.1, -0.05) is 30.3 Å². The highest BCUT2D eigenvalue weighted by molar-refractivity contribution is 5.30. The van der Waals surface area contributed by atoms with Crippen molar-refractivity contribution in [3.8, 4) is 0 Å². The Morgan fingerprint density at radius 3 is 3.07 bits per heavy atom. The van der Waals surface area contributed by atoms with Crippen molar-refractivity contribution < 1.29 is 5.32 Å². The molecule has 0 radical (unpaired) electrons. The Bertz CT molecular complexity index is 330. The Morgan fingerprint density at radius 1 is 1.50 bits per heavy atom. The molecule has 1 aromatic rings. The molecule has 0 amide bonds. The average molecular weight is 188 g/mol. The van der Waals surface area contributed by atoms with Gasteiger partial charge in [0.05, 0.1) is 6.04 Å². The summed E-state index contributed by atoms with van der Waals surface area (Å²) in [5.41, 5.74) is 3.03. The van der Waals surface area contributed by atoms with E-state index < -0.39 is 0 Å². The normalized spacial score (nSPS) is 25.5. The zero-order valence-electron chi connectivity index (χ0n) is 8.74. The van der Waals surface area contributed by atoms with Crippen LogP contribution in [0.2, 0.25) is 0 Å². The van der Waals surface area contributed by atoms with Crippen LogP contribution in [0.15, 0.2) is 36.9 Å². The van der Waals surface area contributed by atoms with Crippen molar-refractivity contribution in [1.82, 2.24) is 0 Å². The fourth-order valence-corrected chi connectivity index (χ4v) is 2.40. The van der Waals surface area contributed by atoms with Gasteiger partial charge in [0.1, 0.15) is 6.04 Å². The monoisotopic (exact) mass is 188 g/mol. The predicted molar refractivity (Wildman–Crippen MR) is 59.1 cm³/mol. The van der Waals surface area contributed by atoms with Crippen molar-refractivity contribution in [3.63, 3.8) is 0 Å². The van der Waals surface area contributed by atoms with E-state index in [1.165, 1.54) is 17.5 Å². The molecule has 1 heterocycles. The number of fused-ring (bicyclic) bond motifs is 1. The lowest BCUT2D eigenvalue weighted by atomic mass is 9.90. The maximum absolute atomic E-state index is 3.82. The summed E-state index contributed by atoms with van der Waals surface area (Å²) in [6.45, 7) is 6.10. The van der Waals surface area contributed by atoms with Crippen molar-refractivity contribution >= 4 is 0 Å². The number of quaternary nitrogens is 1. The summed E-state index contributed by atoms with van der Waals surface area (Å²) in [5, 5.41) is 2.46. The van der Waals surface area contributed by atoms with Gasteiger partial charge in [0.2, 0.25) is 0 Å². The van der Waals surface area contributed by atoms with Crippen LogP contribution in [0, 0.1) is 0 Å². The number of hydrogen-bond acceptors (Lipinski definition) is 0. The van der Waals surface area contributed by atoms with E-state index in [1.54, 1.807) is 0 Å². The van der Waals surface area contributed by atoms with E-state index in [0.717, 1.165) is 6.42 Å². The predicted octanol–water partition coefficient (Wildman–Crippen LogP) is 1.81. The highest BCUT2D eigenvalue weighted by Crippen LogP contribution is 2.20. The maximum atomic E-state index is 3.82. The van der Waals surface area contributed by atoms with Crippen LogP contribution in [0.3, 0.4) is 0 Å². The number of hydrogen-bond donors (Lipinski definition) is 1. The van der Waals surface area contributed by atoms with Crippen molar-refractivity contribution in [2.45, 2.75) is 31.8 Å². The molecule has 74 valence electrons. The quantitative estimate of drug-likeness (QED) is 0.682. The Balaban J connectivity index is 2.24. The first-order chi connectivity index (χ1) is 6.81. The van der Waals surface area contributed by atoms with Crippen LogP contribution >= 0.6 is 0 Å². The van der Waals surface area contributed by atoms with Gasteiger partial charge < -0.3 is 5.32 Å². The summed E-state index contributed by atoms with van der Waals surface area (Å²) in [7, 11) is 0. The molecular formula is C13H18N+. The van der Waals surface area contributed by atoms with E-state index in [0.29, 0.717) is 12.1 Å². The third-order valence-electron chi connectivity index (χ3n) is 3.06. The number of benzene rings is 1. The maximum Gasteiger partial charge on any atom is 0.109 e. The largest absolute Gasteiger partial charge is 0.337 e. The van der Waals surface area contributed by atoms with Gasteiger partial charge >= 0.3 is 0 Å². The van der Waals surface area contributed by atoms with Gasteiger partial charge in [-0.3, -0.25) is 0 Å². The molecule has 0 saturated carbocycles. The third kappa shape index (κ3) is 1.73. The lowest BCUT2D eigenvalue weighted by molar-refractivity contribution is -0.727. The van der Waals surface area contributed by atoms with Gasteiger partial charge in [-0.25, -0.2) is 0 Å². The topological polar surface area (TPSA) is 16.6 Å². The number of rotatable bonds is 2. The zero-order chi connectivity index (χ0) is 9.97. The highest BCUT2D eigenvalue weighted by Gasteiger charge is 2.25. The smallest absolute Gasteiger partial charge is 0.109 e. The third-order valence-corrected chi connectivity index (χ3v) is 3.06. The lowest BCUT2D eigenvalue weighted by Crippen LogP contribution is -2.92. The lowest BCUT2D eigenvalue weighted by Gasteiger charge is -2.27. The van der Waals surface area contributed by atoms with Gasteiger partial charge in [-0.2, -0.15) is 0 Å². The molecule has 2 N–H and O–H groups in total. The Kier molecular flexibility index (Phi) is 2.69. The van der Waals surface area contributed by atoms with Crippen molar-refractivity contribution in [1.29, 1.82) is 0 Å². The molecule has 0 spiro atoms.